The molecule has 0 fully saturated rings. The van der Waals surface area contributed by atoms with Gasteiger partial charge in [0.15, 0.2) is 9.84 Å². The van der Waals surface area contributed by atoms with Crippen LogP contribution in [0.15, 0.2) is 23.4 Å². The zero-order valence-corrected chi connectivity index (χ0v) is 13.1. The van der Waals surface area contributed by atoms with E-state index in [1.807, 2.05) is 0 Å². The van der Waals surface area contributed by atoms with Gasteiger partial charge >= 0.3 is 7.12 Å². The molecule has 2 N–H and O–H groups in total. The lowest BCUT2D eigenvalue weighted by Crippen LogP contribution is -2.53. The van der Waals surface area contributed by atoms with Crippen molar-refractivity contribution in [3.05, 3.63) is 18.5 Å². The van der Waals surface area contributed by atoms with Crippen molar-refractivity contribution < 1.29 is 23.2 Å². The molecule has 20 heavy (non-hydrogen) atoms. The average molecular weight is 301 g/mol. The summed E-state index contributed by atoms with van der Waals surface area (Å²) in [5, 5.41) is 20.0. The predicted molar refractivity (Wildman–Crippen MR) is 76.4 cm³/mol. The van der Waals surface area contributed by atoms with E-state index in [-0.39, 0.29) is 10.4 Å². The van der Waals surface area contributed by atoms with Crippen molar-refractivity contribution in [3.63, 3.8) is 0 Å². The third-order valence-electron chi connectivity index (χ3n) is 3.33. The van der Waals surface area contributed by atoms with E-state index in [0.717, 1.165) is 6.26 Å². The van der Waals surface area contributed by atoms with Crippen LogP contribution < -0.4 is 5.46 Å². The predicted octanol–water partition coefficient (Wildman–Crippen LogP) is -0.261. The van der Waals surface area contributed by atoms with E-state index in [1.54, 1.807) is 27.7 Å². The lowest BCUT2D eigenvalue weighted by Gasteiger charge is -2.38. The van der Waals surface area contributed by atoms with E-state index >= 15 is 0 Å². The van der Waals surface area contributed by atoms with Gasteiger partial charge in [-0.3, -0.25) is 4.98 Å². The van der Waals surface area contributed by atoms with Crippen molar-refractivity contribution in [1.29, 1.82) is 0 Å². The number of nitrogens with zero attached hydrogens (tertiary/aromatic N) is 1. The first-order chi connectivity index (χ1) is 8.84. The summed E-state index contributed by atoms with van der Waals surface area (Å²) in [5.74, 6) is 0. The first-order valence-corrected chi connectivity index (χ1v) is 7.97. The Hall–Kier alpha value is -0.955. The minimum Gasteiger partial charge on any atom is -0.423 e. The summed E-state index contributed by atoms with van der Waals surface area (Å²) in [6, 6.07) is 1.30. The number of pyridine rings is 1. The van der Waals surface area contributed by atoms with E-state index < -0.39 is 28.2 Å². The number of hydrogen-bond donors (Lipinski definition) is 2. The molecule has 6 nitrogen and oxygen atoms in total. The van der Waals surface area contributed by atoms with Crippen LogP contribution in [0.25, 0.3) is 0 Å². The van der Waals surface area contributed by atoms with Gasteiger partial charge in [-0.05, 0) is 33.8 Å². The smallest absolute Gasteiger partial charge is 0.423 e. The Morgan fingerprint density at radius 3 is 2.25 bits per heavy atom. The molecule has 1 heterocycles. The van der Waals surface area contributed by atoms with E-state index in [1.165, 1.54) is 18.5 Å². The molecule has 1 aromatic heterocycles. The van der Waals surface area contributed by atoms with E-state index in [2.05, 4.69) is 4.98 Å². The molecule has 0 bridgehead atoms. The van der Waals surface area contributed by atoms with Crippen molar-refractivity contribution in [2.75, 3.05) is 6.26 Å². The number of sulfone groups is 1. The fraction of sp³-hybridized carbons (Fsp3) is 0.583. The molecule has 0 aliphatic heterocycles. The lowest BCUT2D eigenvalue weighted by molar-refractivity contribution is -0.0982. The van der Waals surface area contributed by atoms with Crippen LogP contribution in [0.2, 0.25) is 0 Å². The van der Waals surface area contributed by atoms with Crippen LogP contribution in [0.4, 0.5) is 0 Å². The Balaban J connectivity index is 3.03. The van der Waals surface area contributed by atoms with Gasteiger partial charge in [0, 0.05) is 24.1 Å². The highest BCUT2D eigenvalue weighted by molar-refractivity contribution is 7.90. The fourth-order valence-electron chi connectivity index (χ4n) is 1.26. The molecular formula is C12H20BNO5S. The van der Waals surface area contributed by atoms with E-state index in [9.17, 15) is 18.5 Å². The van der Waals surface area contributed by atoms with Gasteiger partial charge in [-0.1, -0.05) is 0 Å². The topological polar surface area (TPSA) is 96.7 Å². The molecule has 1 aromatic rings. The molecule has 0 atom stereocenters. The maximum atomic E-state index is 11.4. The monoisotopic (exact) mass is 301 g/mol. The van der Waals surface area contributed by atoms with Crippen molar-refractivity contribution in [2.45, 2.75) is 43.8 Å². The molecular weight excluding hydrogens is 281 g/mol. The highest BCUT2D eigenvalue weighted by atomic mass is 32.2. The van der Waals surface area contributed by atoms with Gasteiger partial charge in [-0.25, -0.2) is 8.42 Å². The van der Waals surface area contributed by atoms with Gasteiger partial charge in [-0.15, -0.1) is 0 Å². The first kappa shape index (κ1) is 17.1. The minimum atomic E-state index is -3.41. The molecule has 0 aliphatic carbocycles. The Labute approximate surface area is 119 Å². The SMILES string of the molecule is CC(C)(O)C(C)(C)OB(O)c1cncc(S(C)(=O)=O)c1. The molecule has 0 saturated carbocycles. The Morgan fingerprint density at radius 1 is 1.25 bits per heavy atom. The Bertz CT molecular complexity index is 580. The summed E-state index contributed by atoms with van der Waals surface area (Å²) in [7, 11) is -4.79. The van der Waals surface area contributed by atoms with Crippen molar-refractivity contribution >= 4 is 22.4 Å². The second-order valence-corrected chi connectivity index (χ2v) is 7.78. The zero-order chi connectivity index (χ0) is 15.8. The highest BCUT2D eigenvalue weighted by Crippen LogP contribution is 2.25. The van der Waals surface area contributed by atoms with Crippen LogP contribution in [0.3, 0.4) is 0 Å². The summed E-state index contributed by atoms with van der Waals surface area (Å²) in [5.41, 5.74) is -2.01. The third kappa shape index (κ3) is 4.02. The van der Waals surface area contributed by atoms with Crippen molar-refractivity contribution in [3.8, 4) is 0 Å². The van der Waals surface area contributed by atoms with Crippen LogP contribution >= 0.6 is 0 Å². The fourth-order valence-corrected chi connectivity index (χ4v) is 1.87. The third-order valence-corrected chi connectivity index (χ3v) is 4.41. The van der Waals surface area contributed by atoms with Crippen LogP contribution in [0, 0.1) is 0 Å². The van der Waals surface area contributed by atoms with Crippen molar-refractivity contribution in [1.82, 2.24) is 4.98 Å². The summed E-state index contributed by atoms with van der Waals surface area (Å²) in [4.78, 5) is 3.78. The number of aromatic nitrogens is 1. The second-order valence-electron chi connectivity index (χ2n) is 5.77. The summed E-state index contributed by atoms with van der Waals surface area (Å²) >= 11 is 0. The molecule has 0 aromatic carbocycles. The van der Waals surface area contributed by atoms with Crippen LogP contribution in [-0.4, -0.2) is 48.1 Å². The quantitative estimate of drug-likeness (QED) is 0.727. The molecule has 0 amide bonds. The summed E-state index contributed by atoms with van der Waals surface area (Å²) in [6.07, 6.45) is 3.58. The molecule has 0 spiro atoms. The standard InChI is InChI=1S/C12H20BNO5S/c1-11(2,15)12(3,4)19-13(16)9-6-10(8-14-7-9)20(5,17)18/h6-8,15-16H,1-5H3. The van der Waals surface area contributed by atoms with Gasteiger partial charge in [0.1, 0.15) is 0 Å². The van der Waals surface area contributed by atoms with Crippen molar-refractivity contribution in [2.24, 2.45) is 0 Å². The Kier molecular flexibility index (Phi) is 4.65. The Morgan fingerprint density at radius 2 is 1.80 bits per heavy atom. The van der Waals surface area contributed by atoms with Crippen LogP contribution in [0.5, 0.6) is 0 Å². The van der Waals surface area contributed by atoms with Gasteiger partial charge in [-0.2, -0.15) is 0 Å². The number of aliphatic hydroxyl groups is 1. The molecule has 1 rings (SSSR count). The van der Waals surface area contributed by atoms with Gasteiger partial charge in [0.05, 0.1) is 16.1 Å². The number of hydrogen-bond acceptors (Lipinski definition) is 6. The molecule has 0 unspecified atom stereocenters. The molecule has 0 saturated heterocycles. The van der Waals surface area contributed by atoms with Gasteiger partial charge in [0.25, 0.3) is 0 Å². The zero-order valence-electron chi connectivity index (χ0n) is 12.3. The molecule has 112 valence electrons. The maximum Gasteiger partial charge on any atom is 0.493 e. The van der Waals surface area contributed by atoms with E-state index in [0.29, 0.717) is 0 Å². The average Bonchev–Trinajstić information content (AvgIpc) is 2.26. The second kappa shape index (κ2) is 5.44. The summed E-state index contributed by atoms with van der Waals surface area (Å²) < 4.78 is 28.3. The molecule has 0 aliphatic rings. The van der Waals surface area contributed by atoms with Gasteiger partial charge in [0.2, 0.25) is 0 Å². The van der Waals surface area contributed by atoms with E-state index in [4.69, 9.17) is 4.65 Å². The normalized spacial score (nSPS) is 13.3. The maximum absolute atomic E-state index is 11.4. The minimum absolute atomic E-state index is 0.00119. The highest BCUT2D eigenvalue weighted by Gasteiger charge is 2.39. The molecule has 8 heteroatoms. The van der Waals surface area contributed by atoms with Crippen LogP contribution in [-0.2, 0) is 14.5 Å². The number of rotatable bonds is 5. The van der Waals surface area contributed by atoms with Crippen LogP contribution in [0.1, 0.15) is 27.7 Å². The molecule has 0 radical (unpaired) electrons. The lowest BCUT2D eigenvalue weighted by atomic mass is 9.77. The summed E-state index contributed by atoms with van der Waals surface area (Å²) in [6.45, 7) is 6.38. The first-order valence-electron chi connectivity index (χ1n) is 6.08. The largest absolute Gasteiger partial charge is 0.493 e. The van der Waals surface area contributed by atoms with Gasteiger partial charge < -0.3 is 14.8 Å².